The Bertz CT molecular complexity index is 413. The first-order chi connectivity index (χ1) is 7.92. The number of aromatic nitrogens is 6. The molecule has 0 atom stereocenters. The lowest BCUT2D eigenvalue weighted by molar-refractivity contribution is 0.370. The lowest BCUT2D eigenvalue weighted by Crippen LogP contribution is -2.20. The van der Waals surface area contributed by atoms with E-state index in [2.05, 4.69) is 30.4 Å². The van der Waals surface area contributed by atoms with E-state index in [0.717, 1.165) is 0 Å². The zero-order valence-electron chi connectivity index (χ0n) is 8.16. The third kappa shape index (κ3) is 2.39. The average Bonchev–Trinajstić information content (AvgIpc) is 2.97. The Morgan fingerprint density at radius 3 is 2.31 bits per heavy atom. The normalized spacial score (nSPS) is 10.5. The van der Waals surface area contributed by atoms with Crippen LogP contribution in [0.1, 0.15) is 6.42 Å². The molecule has 0 amide bonds. The molecule has 16 heavy (non-hydrogen) atoms. The minimum atomic E-state index is -1.20. The van der Waals surface area contributed by atoms with Crippen molar-refractivity contribution < 1.29 is 4.52 Å². The highest BCUT2D eigenvalue weighted by Gasteiger charge is 2.21. The first-order valence-electron chi connectivity index (χ1n) is 4.42. The van der Waals surface area contributed by atoms with Crippen molar-refractivity contribution in [1.82, 2.24) is 30.4 Å². The van der Waals surface area contributed by atoms with Crippen molar-refractivity contribution in [2.75, 3.05) is 6.61 Å². The molecular weight excluding hydrogens is 229 g/mol. The predicted molar refractivity (Wildman–Crippen MR) is 55.1 cm³/mol. The third-order valence-electron chi connectivity index (χ3n) is 1.62. The Labute approximate surface area is 91.9 Å². The molecule has 82 valence electrons. The molecular formula is C7H8N7OP. The van der Waals surface area contributed by atoms with Crippen LogP contribution in [0.3, 0.4) is 0 Å². The molecule has 9 heteroatoms. The summed E-state index contributed by atoms with van der Waals surface area (Å²) in [5, 5.41) is 21.4. The number of aromatic amines is 2. The Hall–Kier alpha value is -1.84. The van der Waals surface area contributed by atoms with Gasteiger partial charge in [0.05, 0.1) is 19.1 Å². The van der Waals surface area contributed by atoms with Crippen molar-refractivity contribution >= 4 is 19.3 Å². The van der Waals surface area contributed by atoms with Crippen molar-refractivity contribution in [3.63, 3.8) is 0 Å². The molecule has 2 heterocycles. The first kappa shape index (κ1) is 10.7. The van der Waals surface area contributed by atoms with Crippen LogP contribution in [-0.2, 0) is 4.52 Å². The highest BCUT2D eigenvalue weighted by Crippen LogP contribution is 2.30. The SMILES string of the molecule is N#CCCOP(c1ncn[nH]1)c1ncn[nH]1. The van der Waals surface area contributed by atoms with Gasteiger partial charge in [0, 0.05) is 0 Å². The van der Waals surface area contributed by atoms with Crippen LogP contribution in [0.2, 0.25) is 0 Å². The fourth-order valence-corrected chi connectivity index (χ4v) is 2.33. The highest BCUT2D eigenvalue weighted by atomic mass is 31.1. The molecule has 0 saturated carbocycles. The third-order valence-corrected chi connectivity index (χ3v) is 3.26. The van der Waals surface area contributed by atoms with E-state index in [-0.39, 0.29) is 0 Å². The van der Waals surface area contributed by atoms with Crippen LogP contribution in [0.15, 0.2) is 12.7 Å². The minimum absolute atomic E-state index is 0.321. The van der Waals surface area contributed by atoms with E-state index in [1.807, 2.05) is 6.07 Å². The molecule has 2 rings (SSSR count). The van der Waals surface area contributed by atoms with Crippen LogP contribution in [0, 0.1) is 11.3 Å². The van der Waals surface area contributed by atoms with Crippen LogP contribution in [0.25, 0.3) is 0 Å². The van der Waals surface area contributed by atoms with E-state index >= 15 is 0 Å². The summed E-state index contributed by atoms with van der Waals surface area (Å²) in [6.07, 6.45) is 3.12. The van der Waals surface area contributed by atoms with E-state index in [1.54, 1.807) is 0 Å². The van der Waals surface area contributed by atoms with Gasteiger partial charge < -0.3 is 4.52 Å². The van der Waals surface area contributed by atoms with E-state index < -0.39 is 8.15 Å². The second-order valence-corrected chi connectivity index (χ2v) is 4.35. The van der Waals surface area contributed by atoms with Gasteiger partial charge in [-0.3, -0.25) is 10.2 Å². The molecule has 2 N–H and O–H groups in total. The van der Waals surface area contributed by atoms with Crippen LogP contribution in [0.4, 0.5) is 0 Å². The molecule has 0 spiro atoms. The lowest BCUT2D eigenvalue weighted by atomic mass is 10.5. The quantitative estimate of drug-likeness (QED) is 0.519. The summed E-state index contributed by atoms with van der Waals surface area (Å²) in [5.41, 5.74) is 1.18. The van der Waals surface area contributed by atoms with Gasteiger partial charge in [-0.25, -0.2) is 9.97 Å². The van der Waals surface area contributed by atoms with E-state index in [0.29, 0.717) is 24.2 Å². The van der Waals surface area contributed by atoms with Gasteiger partial charge in [-0.2, -0.15) is 15.5 Å². The summed E-state index contributed by atoms with van der Waals surface area (Å²) in [6.45, 7) is 0.323. The Balaban J connectivity index is 2.12. The van der Waals surface area contributed by atoms with Crippen LogP contribution in [-0.4, -0.2) is 37.0 Å². The standard InChI is InChI=1S/C7H8N7OP/c8-2-1-3-15-16(6-9-4-11-13-6)7-10-5-12-14-7/h4-5H,1,3H2,(H,9,11,13)(H,10,12,14). The zero-order chi connectivity index (χ0) is 11.2. The lowest BCUT2D eigenvalue weighted by Gasteiger charge is -2.10. The van der Waals surface area contributed by atoms with Crippen LogP contribution in [0.5, 0.6) is 0 Å². The molecule has 2 aromatic rings. The summed E-state index contributed by atoms with van der Waals surface area (Å²) in [5.74, 6) is 0. The van der Waals surface area contributed by atoms with Crippen molar-refractivity contribution in [3.05, 3.63) is 12.7 Å². The van der Waals surface area contributed by atoms with Crippen molar-refractivity contribution in [3.8, 4) is 6.07 Å². The van der Waals surface area contributed by atoms with E-state index in [4.69, 9.17) is 9.79 Å². The summed E-state index contributed by atoms with van der Waals surface area (Å²) in [7, 11) is -1.20. The largest absolute Gasteiger partial charge is 0.343 e. The summed E-state index contributed by atoms with van der Waals surface area (Å²) in [6, 6.07) is 2.01. The van der Waals surface area contributed by atoms with Crippen LogP contribution < -0.4 is 11.1 Å². The number of hydrogen-bond donors (Lipinski definition) is 2. The van der Waals surface area contributed by atoms with Gasteiger partial charge in [-0.1, -0.05) is 0 Å². The molecule has 0 aromatic carbocycles. The van der Waals surface area contributed by atoms with Crippen LogP contribution >= 0.6 is 8.15 Å². The van der Waals surface area contributed by atoms with E-state index in [1.165, 1.54) is 12.7 Å². The molecule has 0 saturated heterocycles. The minimum Gasteiger partial charge on any atom is -0.343 e. The molecule has 0 aliphatic rings. The maximum atomic E-state index is 8.45. The monoisotopic (exact) mass is 237 g/mol. The van der Waals surface area contributed by atoms with Gasteiger partial charge in [0.25, 0.3) is 0 Å². The van der Waals surface area contributed by atoms with Gasteiger partial charge in [0.2, 0.25) is 0 Å². The molecule has 0 aliphatic carbocycles. The fourth-order valence-electron chi connectivity index (χ4n) is 0.999. The maximum absolute atomic E-state index is 8.45. The number of nitrogens with zero attached hydrogens (tertiary/aromatic N) is 5. The molecule has 0 aliphatic heterocycles. The Morgan fingerprint density at radius 1 is 1.25 bits per heavy atom. The topological polar surface area (TPSA) is 116 Å². The van der Waals surface area contributed by atoms with Crippen molar-refractivity contribution in [2.45, 2.75) is 6.42 Å². The van der Waals surface area contributed by atoms with Crippen molar-refractivity contribution in [1.29, 1.82) is 5.26 Å². The number of H-pyrrole nitrogens is 2. The number of rotatable bonds is 5. The summed E-state index contributed by atoms with van der Waals surface area (Å²) < 4.78 is 5.55. The van der Waals surface area contributed by atoms with Gasteiger partial charge in [-0.15, -0.1) is 0 Å². The molecule has 2 aromatic heterocycles. The second-order valence-electron chi connectivity index (χ2n) is 2.65. The maximum Gasteiger partial charge on any atom is 0.182 e. The Kier molecular flexibility index (Phi) is 3.53. The molecule has 8 nitrogen and oxygen atoms in total. The second kappa shape index (κ2) is 5.30. The summed E-state index contributed by atoms with van der Waals surface area (Å²) >= 11 is 0. The molecule has 0 bridgehead atoms. The highest BCUT2D eigenvalue weighted by molar-refractivity contribution is 7.67. The molecule has 0 radical (unpaired) electrons. The average molecular weight is 237 g/mol. The zero-order valence-corrected chi connectivity index (χ0v) is 9.05. The summed E-state index contributed by atoms with van der Waals surface area (Å²) in [4.78, 5) is 8.04. The van der Waals surface area contributed by atoms with Gasteiger partial charge in [0.15, 0.2) is 19.3 Å². The number of nitrogens with one attached hydrogen (secondary N) is 2. The van der Waals surface area contributed by atoms with Gasteiger partial charge >= 0.3 is 0 Å². The van der Waals surface area contributed by atoms with Gasteiger partial charge in [-0.05, 0) is 0 Å². The Morgan fingerprint density at radius 2 is 1.88 bits per heavy atom. The van der Waals surface area contributed by atoms with Gasteiger partial charge in [0.1, 0.15) is 12.7 Å². The number of hydrogen-bond acceptors (Lipinski definition) is 6. The molecule has 0 unspecified atom stereocenters. The van der Waals surface area contributed by atoms with E-state index in [9.17, 15) is 0 Å². The molecule has 0 fully saturated rings. The first-order valence-corrected chi connectivity index (χ1v) is 5.68. The fraction of sp³-hybridized carbons (Fsp3) is 0.286. The number of nitriles is 1. The van der Waals surface area contributed by atoms with Crippen molar-refractivity contribution in [2.24, 2.45) is 0 Å². The predicted octanol–water partition coefficient (Wildman–Crippen LogP) is -0.799. The smallest absolute Gasteiger partial charge is 0.182 e.